The lowest BCUT2D eigenvalue weighted by Gasteiger charge is -2.08. The lowest BCUT2D eigenvalue weighted by atomic mass is 10.1. The quantitative estimate of drug-likeness (QED) is 0.631. The normalized spacial score (nSPS) is 11.2. The van der Waals surface area contributed by atoms with Gasteiger partial charge in [0.15, 0.2) is 0 Å². The second-order valence-electron chi connectivity index (χ2n) is 6.39. The molecule has 1 heterocycles. The topological polar surface area (TPSA) is 101 Å². The third-order valence-electron chi connectivity index (χ3n) is 4.32. The average Bonchev–Trinajstić information content (AvgIpc) is 2.99. The van der Waals surface area contributed by atoms with E-state index in [1.807, 2.05) is 30.3 Å². The predicted octanol–water partition coefficient (Wildman–Crippen LogP) is 3.66. The van der Waals surface area contributed by atoms with E-state index in [0.717, 1.165) is 5.56 Å². The summed E-state index contributed by atoms with van der Waals surface area (Å²) in [5.74, 6) is -0.0406. The Morgan fingerprint density at radius 2 is 1.71 bits per heavy atom. The Bertz CT molecular complexity index is 1060. The summed E-state index contributed by atoms with van der Waals surface area (Å²) in [6, 6.07) is 15.7. The van der Waals surface area contributed by atoms with Crippen molar-refractivity contribution in [2.24, 2.45) is 0 Å². The van der Waals surface area contributed by atoms with Crippen molar-refractivity contribution in [3.05, 3.63) is 71.4 Å². The molecule has 1 aromatic heterocycles. The summed E-state index contributed by atoms with van der Waals surface area (Å²) in [6.45, 7) is 3.45. The highest BCUT2D eigenvalue weighted by molar-refractivity contribution is 7.92. The van der Waals surface area contributed by atoms with Gasteiger partial charge in [0, 0.05) is 17.7 Å². The van der Waals surface area contributed by atoms with E-state index >= 15 is 0 Å². The number of nitrogens with zero attached hydrogens (tertiary/aromatic N) is 1. The van der Waals surface area contributed by atoms with Crippen LogP contribution in [0.3, 0.4) is 0 Å². The highest BCUT2D eigenvalue weighted by atomic mass is 32.2. The molecule has 0 saturated carbocycles. The largest absolute Gasteiger partial charge is 0.337 e. The van der Waals surface area contributed by atoms with E-state index in [0.29, 0.717) is 29.8 Å². The van der Waals surface area contributed by atoms with Crippen LogP contribution in [0.5, 0.6) is 0 Å². The molecular formula is C20H21N3O4S. The molecule has 0 aliphatic heterocycles. The lowest BCUT2D eigenvalue weighted by molar-refractivity contribution is -0.116. The number of benzene rings is 2. The number of rotatable bonds is 7. The first kappa shape index (κ1) is 19.6. The first-order valence-corrected chi connectivity index (χ1v) is 10.2. The average molecular weight is 399 g/mol. The number of aryl methyl sites for hydroxylation is 2. The molecule has 2 aromatic carbocycles. The standard InChI is InChI=1S/C20H21N3O4S/c1-14-15(2)22-27-20(14)23-28(25,26)18-11-9-17(10-12-18)21-19(24)13-8-16-6-4-3-5-7-16/h3-7,9-12,23H,8,13H2,1-2H3,(H,21,24). The summed E-state index contributed by atoms with van der Waals surface area (Å²) >= 11 is 0. The Balaban J connectivity index is 1.61. The molecule has 1 amide bonds. The minimum Gasteiger partial charge on any atom is -0.337 e. The van der Waals surface area contributed by atoms with Crippen LogP contribution in [0.1, 0.15) is 23.2 Å². The summed E-state index contributed by atoms with van der Waals surface area (Å²) < 4.78 is 32.3. The van der Waals surface area contributed by atoms with Crippen molar-refractivity contribution in [3.63, 3.8) is 0 Å². The van der Waals surface area contributed by atoms with Crippen LogP contribution in [0, 0.1) is 13.8 Å². The molecule has 3 aromatic rings. The number of hydrogen-bond donors (Lipinski definition) is 2. The maximum absolute atomic E-state index is 12.5. The van der Waals surface area contributed by atoms with Crippen LogP contribution < -0.4 is 10.0 Å². The fourth-order valence-electron chi connectivity index (χ4n) is 2.53. The Hall–Kier alpha value is -3.13. The summed E-state index contributed by atoms with van der Waals surface area (Å²) in [7, 11) is -3.81. The predicted molar refractivity (Wildman–Crippen MR) is 107 cm³/mol. The second-order valence-corrected chi connectivity index (χ2v) is 8.07. The van der Waals surface area contributed by atoms with Crippen molar-refractivity contribution >= 4 is 27.5 Å². The Kier molecular flexibility index (Phi) is 5.79. The van der Waals surface area contributed by atoms with Crippen LogP contribution in [0.4, 0.5) is 11.6 Å². The molecule has 0 fully saturated rings. The van der Waals surface area contributed by atoms with E-state index < -0.39 is 10.0 Å². The van der Waals surface area contributed by atoms with Gasteiger partial charge in [0.05, 0.1) is 10.6 Å². The van der Waals surface area contributed by atoms with Crippen molar-refractivity contribution in [1.29, 1.82) is 0 Å². The number of sulfonamides is 1. The molecule has 0 aliphatic rings. The van der Waals surface area contributed by atoms with Gasteiger partial charge in [0.25, 0.3) is 10.0 Å². The number of anilines is 2. The van der Waals surface area contributed by atoms with Crippen LogP contribution >= 0.6 is 0 Å². The minimum absolute atomic E-state index is 0.0586. The van der Waals surface area contributed by atoms with Gasteiger partial charge in [0.1, 0.15) is 0 Å². The van der Waals surface area contributed by atoms with Crippen molar-refractivity contribution in [1.82, 2.24) is 5.16 Å². The summed E-state index contributed by atoms with van der Waals surface area (Å²) in [5.41, 5.74) is 2.86. The molecule has 0 saturated heterocycles. The molecule has 0 atom stereocenters. The van der Waals surface area contributed by atoms with E-state index in [4.69, 9.17) is 4.52 Å². The fraction of sp³-hybridized carbons (Fsp3) is 0.200. The van der Waals surface area contributed by atoms with E-state index in [2.05, 4.69) is 15.2 Å². The molecule has 7 nitrogen and oxygen atoms in total. The van der Waals surface area contributed by atoms with Crippen LogP contribution in [-0.4, -0.2) is 19.5 Å². The fourth-order valence-corrected chi connectivity index (χ4v) is 3.58. The molecule has 3 rings (SSSR count). The Morgan fingerprint density at radius 1 is 1.04 bits per heavy atom. The molecule has 0 aliphatic carbocycles. The van der Waals surface area contributed by atoms with Crippen LogP contribution in [0.25, 0.3) is 0 Å². The Morgan fingerprint density at radius 3 is 2.32 bits per heavy atom. The first-order valence-electron chi connectivity index (χ1n) is 8.75. The highest BCUT2D eigenvalue weighted by Gasteiger charge is 2.19. The van der Waals surface area contributed by atoms with Gasteiger partial charge in [-0.2, -0.15) is 0 Å². The number of hydrogen-bond acceptors (Lipinski definition) is 5. The molecule has 146 valence electrons. The van der Waals surface area contributed by atoms with Crippen LogP contribution in [0.2, 0.25) is 0 Å². The molecular weight excluding hydrogens is 378 g/mol. The van der Waals surface area contributed by atoms with Gasteiger partial charge < -0.3 is 9.84 Å². The molecule has 28 heavy (non-hydrogen) atoms. The number of amides is 1. The third-order valence-corrected chi connectivity index (χ3v) is 5.66. The number of nitrogens with one attached hydrogen (secondary N) is 2. The maximum atomic E-state index is 12.5. The molecule has 0 spiro atoms. The van der Waals surface area contributed by atoms with Gasteiger partial charge in [0.2, 0.25) is 11.8 Å². The van der Waals surface area contributed by atoms with Gasteiger partial charge in [-0.05, 0) is 50.1 Å². The zero-order valence-electron chi connectivity index (χ0n) is 15.6. The molecule has 0 radical (unpaired) electrons. The lowest BCUT2D eigenvalue weighted by Crippen LogP contribution is -2.14. The van der Waals surface area contributed by atoms with Gasteiger partial charge in [-0.25, -0.2) is 13.1 Å². The van der Waals surface area contributed by atoms with Gasteiger partial charge in [-0.1, -0.05) is 35.5 Å². The smallest absolute Gasteiger partial charge is 0.264 e. The van der Waals surface area contributed by atoms with Crippen LogP contribution in [0.15, 0.2) is 64.0 Å². The number of carbonyl (C=O) groups is 1. The third kappa shape index (κ3) is 4.77. The van der Waals surface area contributed by atoms with E-state index in [9.17, 15) is 13.2 Å². The van der Waals surface area contributed by atoms with Gasteiger partial charge >= 0.3 is 0 Å². The molecule has 8 heteroatoms. The van der Waals surface area contributed by atoms with Gasteiger partial charge in [-0.15, -0.1) is 0 Å². The van der Waals surface area contributed by atoms with Crippen molar-refractivity contribution in [2.45, 2.75) is 31.6 Å². The zero-order chi connectivity index (χ0) is 20.1. The number of carbonyl (C=O) groups excluding carboxylic acids is 1. The molecule has 0 bridgehead atoms. The van der Waals surface area contributed by atoms with Gasteiger partial charge in [-0.3, -0.25) is 4.79 Å². The minimum atomic E-state index is -3.81. The second kappa shape index (κ2) is 8.26. The van der Waals surface area contributed by atoms with Crippen molar-refractivity contribution in [3.8, 4) is 0 Å². The van der Waals surface area contributed by atoms with Crippen molar-refractivity contribution < 1.29 is 17.7 Å². The number of aromatic nitrogens is 1. The summed E-state index contributed by atoms with van der Waals surface area (Å²) in [4.78, 5) is 12.1. The zero-order valence-corrected chi connectivity index (χ0v) is 16.4. The SMILES string of the molecule is Cc1noc(NS(=O)(=O)c2ccc(NC(=O)CCc3ccccc3)cc2)c1C. The van der Waals surface area contributed by atoms with Crippen molar-refractivity contribution in [2.75, 3.05) is 10.0 Å². The first-order chi connectivity index (χ1) is 13.3. The highest BCUT2D eigenvalue weighted by Crippen LogP contribution is 2.22. The Labute approximate surface area is 163 Å². The summed E-state index contributed by atoms with van der Waals surface area (Å²) in [5, 5.41) is 6.50. The molecule has 0 unspecified atom stereocenters. The monoisotopic (exact) mass is 399 g/mol. The van der Waals surface area contributed by atoms with E-state index in [1.54, 1.807) is 26.0 Å². The van der Waals surface area contributed by atoms with E-state index in [-0.39, 0.29) is 16.7 Å². The molecule has 2 N–H and O–H groups in total. The maximum Gasteiger partial charge on any atom is 0.264 e. The van der Waals surface area contributed by atoms with E-state index in [1.165, 1.54) is 12.1 Å². The van der Waals surface area contributed by atoms with Crippen LogP contribution in [-0.2, 0) is 21.2 Å². The summed E-state index contributed by atoms with van der Waals surface area (Å²) in [6.07, 6.45) is 0.981.